The van der Waals surface area contributed by atoms with Crippen LogP contribution in [0.2, 0.25) is 0 Å². The van der Waals surface area contributed by atoms with E-state index in [1.54, 1.807) is 0 Å². The average Bonchev–Trinajstić information content (AvgIpc) is 3.44. The number of fused-ring (bicyclic) bond motifs is 1. The van der Waals surface area contributed by atoms with Crippen LogP contribution in [0.15, 0.2) is 0 Å². The normalized spacial score (nSPS) is 42.4. The maximum Gasteiger partial charge on any atom is 0.109 e. The Morgan fingerprint density at radius 1 is 0.960 bits per heavy atom. The van der Waals surface area contributed by atoms with Crippen molar-refractivity contribution in [1.29, 1.82) is 0 Å². The molecule has 3 rings (SSSR count). The number of rotatable bonds is 5. The fourth-order valence-electron chi connectivity index (χ4n) is 6.93. The van der Waals surface area contributed by atoms with Crippen LogP contribution in [-0.4, -0.2) is 5.78 Å². The third kappa shape index (κ3) is 3.72. The van der Waals surface area contributed by atoms with E-state index < -0.39 is 0 Å². The third-order valence-electron chi connectivity index (χ3n) is 8.64. The molecule has 0 bridgehead atoms. The van der Waals surface area contributed by atoms with Crippen molar-refractivity contribution in [3.05, 3.63) is 6.42 Å². The first kappa shape index (κ1) is 19.4. The Labute approximate surface area is 156 Å². The topological polar surface area (TPSA) is 17.1 Å². The number of hydrogen-bond donors (Lipinski definition) is 0. The van der Waals surface area contributed by atoms with Gasteiger partial charge in [-0.2, -0.15) is 6.92 Å². The predicted octanol–water partition coefficient (Wildman–Crippen LogP) is 7.14. The van der Waals surface area contributed by atoms with Crippen LogP contribution in [0.25, 0.3) is 0 Å². The first-order valence-electron chi connectivity index (χ1n) is 11.5. The van der Waals surface area contributed by atoms with Crippen LogP contribution in [-0.2, 0) is 4.79 Å². The molecule has 3 fully saturated rings. The number of ketones is 1. The molecule has 0 aromatic rings. The maximum atomic E-state index is 12.7. The standard InChI is InChI=1S/C24H41O/c1-4-22(25)23(5-2)15-11-13-20(14-17-23)24(6-3)16-10-8-7-9-12-19-18-21(19)24/h5,19-21H,4,6-18H2,1-3H3/q-1. The Morgan fingerprint density at radius 3 is 2.48 bits per heavy atom. The summed E-state index contributed by atoms with van der Waals surface area (Å²) in [7, 11) is 0. The first-order chi connectivity index (χ1) is 12.1. The summed E-state index contributed by atoms with van der Waals surface area (Å²) in [5.41, 5.74) is 0.508. The van der Waals surface area contributed by atoms with E-state index >= 15 is 0 Å². The van der Waals surface area contributed by atoms with Crippen molar-refractivity contribution in [3.8, 4) is 0 Å². The van der Waals surface area contributed by atoms with Gasteiger partial charge in [-0.3, -0.25) is 0 Å². The highest BCUT2D eigenvalue weighted by Crippen LogP contribution is 2.63. The number of carbonyl (C=O) groups excluding carboxylic acids is 1. The molecule has 0 heterocycles. The summed E-state index contributed by atoms with van der Waals surface area (Å²) < 4.78 is 0. The molecule has 0 radical (unpaired) electrons. The molecular weight excluding hydrogens is 304 g/mol. The summed E-state index contributed by atoms with van der Waals surface area (Å²) in [4.78, 5) is 12.7. The van der Waals surface area contributed by atoms with Gasteiger partial charge in [0.05, 0.1) is 0 Å². The summed E-state index contributed by atoms with van der Waals surface area (Å²) in [6.07, 6.45) is 20.9. The van der Waals surface area contributed by atoms with Gasteiger partial charge in [-0.15, -0.1) is 0 Å². The molecule has 0 aromatic carbocycles. The van der Waals surface area contributed by atoms with Gasteiger partial charge in [-0.1, -0.05) is 77.0 Å². The molecular formula is C24H41O-. The molecule has 0 aliphatic heterocycles. The zero-order valence-corrected chi connectivity index (χ0v) is 17.1. The molecule has 1 heteroatoms. The van der Waals surface area contributed by atoms with E-state index in [9.17, 15) is 4.79 Å². The Morgan fingerprint density at radius 2 is 1.76 bits per heavy atom. The minimum absolute atomic E-state index is 0.0973. The molecule has 0 aromatic heterocycles. The van der Waals surface area contributed by atoms with E-state index in [0.717, 1.165) is 30.6 Å². The van der Waals surface area contributed by atoms with E-state index in [2.05, 4.69) is 27.2 Å². The summed E-state index contributed by atoms with van der Waals surface area (Å²) in [5, 5.41) is 0. The van der Waals surface area contributed by atoms with Crippen molar-refractivity contribution < 1.29 is 4.79 Å². The monoisotopic (exact) mass is 345 g/mol. The van der Waals surface area contributed by atoms with Gasteiger partial charge in [0.25, 0.3) is 0 Å². The molecule has 5 unspecified atom stereocenters. The number of Topliss-reactive ketones (excluding diaryl/α,β-unsaturated/α-hetero) is 1. The van der Waals surface area contributed by atoms with Crippen LogP contribution in [0.1, 0.15) is 111 Å². The Kier molecular flexibility index (Phi) is 6.32. The van der Waals surface area contributed by atoms with Gasteiger partial charge in [-0.25, -0.2) is 0 Å². The summed E-state index contributed by atoms with van der Waals surface area (Å²) in [5.74, 6) is 3.43. The van der Waals surface area contributed by atoms with Crippen LogP contribution in [0.4, 0.5) is 0 Å². The van der Waals surface area contributed by atoms with Crippen LogP contribution in [0, 0.1) is 35.0 Å². The minimum atomic E-state index is -0.0973. The molecule has 0 amide bonds. The minimum Gasteiger partial charge on any atom is -0.318 e. The van der Waals surface area contributed by atoms with Crippen molar-refractivity contribution in [2.24, 2.45) is 28.6 Å². The molecule has 1 nitrogen and oxygen atoms in total. The van der Waals surface area contributed by atoms with Gasteiger partial charge < -0.3 is 11.2 Å². The molecule has 144 valence electrons. The maximum absolute atomic E-state index is 12.7. The smallest absolute Gasteiger partial charge is 0.109 e. The zero-order chi connectivity index (χ0) is 17.9. The van der Waals surface area contributed by atoms with Gasteiger partial charge >= 0.3 is 0 Å². The molecule has 0 N–H and O–H groups in total. The quantitative estimate of drug-likeness (QED) is 0.382. The van der Waals surface area contributed by atoms with Crippen LogP contribution >= 0.6 is 0 Å². The van der Waals surface area contributed by atoms with Crippen molar-refractivity contribution >= 4 is 5.78 Å². The molecule has 0 saturated heterocycles. The van der Waals surface area contributed by atoms with Crippen molar-refractivity contribution in [2.75, 3.05) is 0 Å². The Balaban J connectivity index is 1.78. The second-order valence-electron chi connectivity index (χ2n) is 9.49. The highest BCUT2D eigenvalue weighted by Gasteiger charge is 2.54. The SMILES string of the molecule is C[CH-]C1(C(=O)CC)CCCC(C2(CC)CCCCCCC3CC32)CC1. The molecule has 3 aliphatic carbocycles. The van der Waals surface area contributed by atoms with Gasteiger partial charge in [0, 0.05) is 6.42 Å². The Hall–Kier alpha value is -0.330. The fourth-order valence-corrected chi connectivity index (χ4v) is 6.93. The van der Waals surface area contributed by atoms with E-state index in [0.29, 0.717) is 17.6 Å². The van der Waals surface area contributed by atoms with E-state index in [-0.39, 0.29) is 5.41 Å². The van der Waals surface area contributed by atoms with E-state index in [4.69, 9.17) is 0 Å². The summed E-state index contributed by atoms with van der Waals surface area (Å²) in [6, 6.07) is 0. The Bertz CT molecular complexity index is 455. The lowest BCUT2D eigenvalue weighted by molar-refractivity contribution is -0.127. The molecule has 3 saturated carbocycles. The first-order valence-corrected chi connectivity index (χ1v) is 11.5. The van der Waals surface area contributed by atoms with Crippen molar-refractivity contribution in [2.45, 2.75) is 111 Å². The zero-order valence-electron chi connectivity index (χ0n) is 17.1. The van der Waals surface area contributed by atoms with E-state index in [1.165, 1.54) is 70.6 Å². The highest BCUT2D eigenvalue weighted by molar-refractivity contribution is 5.85. The van der Waals surface area contributed by atoms with E-state index in [1.807, 2.05) is 0 Å². The van der Waals surface area contributed by atoms with Crippen molar-refractivity contribution in [3.63, 3.8) is 0 Å². The van der Waals surface area contributed by atoms with Gasteiger partial charge in [0.1, 0.15) is 5.78 Å². The average molecular weight is 346 g/mol. The lowest BCUT2D eigenvalue weighted by Crippen LogP contribution is -2.34. The predicted molar refractivity (Wildman–Crippen MR) is 106 cm³/mol. The van der Waals surface area contributed by atoms with Gasteiger partial charge in [-0.05, 0) is 48.9 Å². The second kappa shape index (κ2) is 8.13. The summed E-state index contributed by atoms with van der Waals surface area (Å²) in [6.45, 7) is 6.67. The molecule has 5 atom stereocenters. The molecule has 0 spiro atoms. The highest BCUT2D eigenvalue weighted by atomic mass is 16.1. The molecule has 25 heavy (non-hydrogen) atoms. The van der Waals surface area contributed by atoms with Gasteiger partial charge in [0.15, 0.2) is 0 Å². The van der Waals surface area contributed by atoms with Gasteiger partial charge in [0.2, 0.25) is 0 Å². The molecule has 3 aliphatic rings. The fraction of sp³-hybridized carbons (Fsp3) is 0.917. The summed E-state index contributed by atoms with van der Waals surface area (Å²) >= 11 is 0. The lowest BCUT2D eigenvalue weighted by atomic mass is 9.63. The number of carbonyl (C=O) groups is 1. The second-order valence-corrected chi connectivity index (χ2v) is 9.49. The largest absolute Gasteiger partial charge is 0.318 e. The third-order valence-corrected chi connectivity index (χ3v) is 8.64. The van der Waals surface area contributed by atoms with Crippen LogP contribution < -0.4 is 0 Å². The van der Waals surface area contributed by atoms with Crippen molar-refractivity contribution in [1.82, 2.24) is 0 Å². The lowest BCUT2D eigenvalue weighted by Gasteiger charge is -2.43. The van der Waals surface area contributed by atoms with Crippen LogP contribution in [0.3, 0.4) is 0 Å². The van der Waals surface area contributed by atoms with Crippen LogP contribution in [0.5, 0.6) is 0 Å². The number of hydrogen-bond acceptors (Lipinski definition) is 1.